The zero-order valence-electron chi connectivity index (χ0n) is 20.1. The molecule has 176 valence electrons. The monoisotopic (exact) mass is 469 g/mol. The zero-order valence-corrected chi connectivity index (χ0v) is 20.9. The van der Waals surface area contributed by atoms with Crippen molar-refractivity contribution in [3.63, 3.8) is 0 Å². The van der Waals surface area contributed by atoms with Gasteiger partial charge < -0.3 is 14.6 Å². The highest BCUT2D eigenvalue weighted by Gasteiger charge is 2.34. The molecule has 1 atom stereocenters. The molecule has 0 aromatic carbocycles. The van der Waals surface area contributed by atoms with E-state index >= 15 is 0 Å². The summed E-state index contributed by atoms with van der Waals surface area (Å²) in [6, 6.07) is 3.63. The Hall–Kier alpha value is -2.92. The number of aryl methyl sites for hydroxylation is 2. The average molecular weight is 470 g/mol. The number of nitrogens with zero attached hydrogens (tertiary/aromatic N) is 2. The van der Waals surface area contributed by atoms with E-state index in [0.717, 1.165) is 29.7 Å². The molecule has 1 amide bonds. The molecule has 7 nitrogen and oxygen atoms in total. The van der Waals surface area contributed by atoms with Crippen LogP contribution < -0.4 is 10.9 Å². The van der Waals surface area contributed by atoms with Crippen molar-refractivity contribution in [1.29, 1.82) is 5.26 Å². The summed E-state index contributed by atoms with van der Waals surface area (Å²) in [5, 5.41) is 12.6. The highest BCUT2D eigenvalue weighted by atomic mass is 32.1. The van der Waals surface area contributed by atoms with E-state index in [4.69, 9.17) is 4.74 Å². The van der Waals surface area contributed by atoms with Crippen LogP contribution in [0.5, 0.6) is 0 Å². The molecule has 0 unspecified atom stereocenters. The lowest BCUT2D eigenvalue weighted by Gasteiger charge is -2.33. The van der Waals surface area contributed by atoms with E-state index in [1.54, 1.807) is 26.8 Å². The van der Waals surface area contributed by atoms with Gasteiger partial charge in [-0.2, -0.15) is 5.26 Å². The highest BCUT2D eigenvalue weighted by Crippen LogP contribution is 2.44. The number of pyridine rings is 1. The Balaban J connectivity index is 1.93. The number of anilines is 1. The summed E-state index contributed by atoms with van der Waals surface area (Å²) in [4.78, 5) is 39.5. The van der Waals surface area contributed by atoms with Crippen LogP contribution >= 0.6 is 11.3 Å². The molecule has 33 heavy (non-hydrogen) atoms. The lowest BCUT2D eigenvalue weighted by Crippen LogP contribution is -2.31. The van der Waals surface area contributed by atoms with Crippen molar-refractivity contribution in [1.82, 2.24) is 4.57 Å². The number of carbonyl (C=O) groups is 2. The van der Waals surface area contributed by atoms with Crippen LogP contribution in [-0.2, 0) is 28.9 Å². The first kappa shape index (κ1) is 24.7. The summed E-state index contributed by atoms with van der Waals surface area (Å²) >= 11 is 1.42. The molecule has 2 aromatic rings. The van der Waals surface area contributed by atoms with Crippen LogP contribution in [0.3, 0.4) is 0 Å². The minimum Gasteiger partial charge on any atom is -0.462 e. The third-order valence-corrected chi connectivity index (χ3v) is 7.51. The third kappa shape index (κ3) is 5.03. The molecule has 1 aliphatic rings. The van der Waals surface area contributed by atoms with Crippen LogP contribution in [-0.4, -0.2) is 23.1 Å². The van der Waals surface area contributed by atoms with Gasteiger partial charge >= 0.3 is 5.97 Å². The smallest absolute Gasteiger partial charge is 0.341 e. The largest absolute Gasteiger partial charge is 0.462 e. The molecular weight excluding hydrogens is 438 g/mol. The van der Waals surface area contributed by atoms with Crippen LogP contribution in [0.25, 0.3) is 0 Å². The van der Waals surface area contributed by atoms with Crippen LogP contribution in [0.4, 0.5) is 5.00 Å². The van der Waals surface area contributed by atoms with Crippen molar-refractivity contribution in [2.24, 2.45) is 11.3 Å². The summed E-state index contributed by atoms with van der Waals surface area (Å²) in [5.41, 5.74) is 2.26. The number of carbonyl (C=O) groups excluding carboxylic acids is 2. The summed E-state index contributed by atoms with van der Waals surface area (Å²) in [6.45, 7) is 11.9. The van der Waals surface area contributed by atoms with Crippen LogP contribution in [0.2, 0.25) is 0 Å². The minimum atomic E-state index is -0.491. The quantitative estimate of drug-likeness (QED) is 0.656. The normalized spacial score (nSPS) is 15.5. The third-order valence-electron chi connectivity index (χ3n) is 6.34. The Morgan fingerprint density at radius 2 is 2.03 bits per heavy atom. The second-order valence-corrected chi connectivity index (χ2v) is 10.7. The summed E-state index contributed by atoms with van der Waals surface area (Å²) in [5.74, 6) is -0.375. The number of amides is 1. The first-order valence-electron chi connectivity index (χ1n) is 11.2. The molecule has 2 heterocycles. The Labute approximate surface area is 198 Å². The van der Waals surface area contributed by atoms with E-state index in [0.29, 0.717) is 27.7 Å². The standard InChI is InChI=1S/C25H31N3O4S/c1-7-32-24(31)21-17-9-8-16(25(4,5)6)11-19(17)33-22(21)27-20(29)13-28-15(3)10-14(2)18(12-26)23(28)30/h10,16H,7-9,11,13H2,1-6H3,(H,27,29)/t16-/m1/s1. The van der Waals surface area contributed by atoms with E-state index in [-0.39, 0.29) is 24.1 Å². The van der Waals surface area contributed by atoms with Crippen molar-refractivity contribution in [3.8, 4) is 6.07 Å². The fourth-order valence-electron chi connectivity index (χ4n) is 4.40. The van der Waals surface area contributed by atoms with E-state index in [2.05, 4.69) is 26.1 Å². The van der Waals surface area contributed by atoms with E-state index in [1.807, 2.05) is 6.07 Å². The second kappa shape index (κ2) is 9.52. The second-order valence-electron chi connectivity index (χ2n) is 9.63. The summed E-state index contributed by atoms with van der Waals surface area (Å²) in [7, 11) is 0. The number of nitriles is 1. The Kier molecular flexibility index (Phi) is 7.13. The zero-order chi connectivity index (χ0) is 24.5. The molecule has 2 aromatic heterocycles. The molecule has 1 aliphatic carbocycles. The Bertz CT molecular complexity index is 1190. The molecule has 0 saturated carbocycles. The SMILES string of the molecule is CCOC(=O)c1c(NC(=O)Cn2c(C)cc(C)c(C#N)c2=O)sc2c1CC[C@@H](C(C)(C)C)C2. The Morgan fingerprint density at radius 1 is 1.33 bits per heavy atom. The number of ether oxygens (including phenoxy) is 1. The van der Waals surface area contributed by atoms with Crippen molar-refractivity contribution < 1.29 is 14.3 Å². The molecular formula is C25H31N3O4S. The number of nitrogens with one attached hydrogen (secondary N) is 1. The molecule has 0 radical (unpaired) electrons. The van der Waals surface area contributed by atoms with Gasteiger partial charge in [0, 0.05) is 10.6 Å². The number of hydrogen-bond acceptors (Lipinski definition) is 6. The predicted octanol–water partition coefficient (Wildman–Crippen LogP) is 4.36. The van der Waals surface area contributed by atoms with Crippen LogP contribution in [0.1, 0.15) is 71.7 Å². The van der Waals surface area contributed by atoms with Gasteiger partial charge in [0.1, 0.15) is 23.2 Å². The van der Waals surface area contributed by atoms with Crippen molar-refractivity contribution >= 4 is 28.2 Å². The summed E-state index contributed by atoms with van der Waals surface area (Å²) < 4.78 is 6.58. The van der Waals surface area contributed by atoms with Gasteiger partial charge in [-0.25, -0.2) is 4.79 Å². The topological polar surface area (TPSA) is 101 Å². The minimum absolute atomic E-state index is 0.0282. The fraction of sp³-hybridized carbons (Fsp3) is 0.520. The maximum Gasteiger partial charge on any atom is 0.341 e. The molecule has 0 bridgehead atoms. The first-order chi connectivity index (χ1) is 15.5. The molecule has 0 aliphatic heterocycles. The maximum atomic E-state index is 12.9. The molecule has 8 heteroatoms. The molecule has 1 N–H and O–H groups in total. The fourth-order valence-corrected chi connectivity index (χ4v) is 5.73. The van der Waals surface area contributed by atoms with E-state index in [9.17, 15) is 19.6 Å². The van der Waals surface area contributed by atoms with Gasteiger partial charge in [0.15, 0.2) is 0 Å². The van der Waals surface area contributed by atoms with Gasteiger partial charge in [-0.15, -0.1) is 11.3 Å². The van der Waals surface area contributed by atoms with E-state index in [1.165, 1.54) is 15.9 Å². The predicted molar refractivity (Wildman–Crippen MR) is 129 cm³/mol. The lowest BCUT2D eigenvalue weighted by atomic mass is 9.72. The van der Waals surface area contributed by atoms with E-state index < -0.39 is 17.4 Å². The van der Waals surface area contributed by atoms with Gasteiger partial charge in [0.2, 0.25) is 5.91 Å². The molecule has 0 spiro atoms. The van der Waals surface area contributed by atoms with Crippen molar-refractivity contribution in [2.45, 2.75) is 67.3 Å². The van der Waals surface area contributed by atoms with Gasteiger partial charge in [-0.3, -0.25) is 9.59 Å². The molecule has 3 rings (SSSR count). The number of rotatable bonds is 5. The summed E-state index contributed by atoms with van der Waals surface area (Å²) in [6.07, 6.45) is 2.59. The molecule has 0 saturated heterocycles. The lowest BCUT2D eigenvalue weighted by molar-refractivity contribution is -0.116. The van der Waals surface area contributed by atoms with Crippen LogP contribution in [0.15, 0.2) is 10.9 Å². The number of hydrogen-bond donors (Lipinski definition) is 1. The van der Waals surface area contributed by atoms with Crippen molar-refractivity contribution in [2.75, 3.05) is 11.9 Å². The molecule has 0 fully saturated rings. The number of aromatic nitrogens is 1. The van der Waals surface area contributed by atoms with Gasteiger partial charge in [0.05, 0.1) is 12.2 Å². The number of esters is 1. The average Bonchev–Trinajstić information content (AvgIpc) is 3.07. The Morgan fingerprint density at radius 3 is 2.64 bits per heavy atom. The van der Waals surface area contributed by atoms with Crippen LogP contribution in [0, 0.1) is 36.5 Å². The van der Waals surface area contributed by atoms with Gasteiger partial charge in [-0.1, -0.05) is 20.8 Å². The number of thiophene rings is 1. The first-order valence-corrected chi connectivity index (χ1v) is 12.0. The highest BCUT2D eigenvalue weighted by molar-refractivity contribution is 7.17. The number of fused-ring (bicyclic) bond motifs is 1. The van der Waals surface area contributed by atoms with Gasteiger partial charge in [-0.05, 0) is 68.6 Å². The maximum absolute atomic E-state index is 12.9. The van der Waals surface area contributed by atoms with Gasteiger partial charge in [0.25, 0.3) is 5.56 Å². The van der Waals surface area contributed by atoms with Crippen molar-refractivity contribution in [3.05, 3.63) is 49.2 Å².